The number of nitrogens with one attached hydrogen (secondary N) is 1. The van der Waals surface area contributed by atoms with Gasteiger partial charge < -0.3 is 10.2 Å². The van der Waals surface area contributed by atoms with Crippen molar-refractivity contribution in [3.05, 3.63) is 30.3 Å². The van der Waals surface area contributed by atoms with Gasteiger partial charge in [-0.2, -0.15) is 0 Å². The van der Waals surface area contributed by atoms with Crippen molar-refractivity contribution in [3.63, 3.8) is 0 Å². The molecule has 0 aromatic heterocycles. The van der Waals surface area contributed by atoms with Crippen LogP contribution < -0.4 is 10.2 Å². The summed E-state index contributed by atoms with van der Waals surface area (Å²) in [5, 5.41) is 2.47. The first-order valence-electron chi connectivity index (χ1n) is 4.77. The third-order valence-corrected chi connectivity index (χ3v) is 1.98. The molecule has 0 aliphatic heterocycles. The van der Waals surface area contributed by atoms with Crippen LogP contribution in [0.1, 0.15) is 6.92 Å². The van der Waals surface area contributed by atoms with Gasteiger partial charge in [-0.3, -0.25) is 9.59 Å². The maximum absolute atomic E-state index is 11.5. The summed E-state index contributed by atoms with van der Waals surface area (Å²) in [7, 11) is 1.58. The lowest BCUT2D eigenvalue weighted by Gasteiger charge is -2.16. The Kier molecular flexibility index (Phi) is 3.85. The lowest BCUT2D eigenvalue weighted by Crippen LogP contribution is -2.41. The largest absolute Gasteiger partial charge is 0.348 e. The Balaban J connectivity index is 2.73. The highest BCUT2D eigenvalue weighted by Gasteiger charge is 2.18. The van der Waals surface area contributed by atoms with Crippen LogP contribution in [0.15, 0.2) is 30.3 Å². The first-order valence-corrected chi connectivity index (χ1v) is 4.77. The van der Waals surface area contributed by atoms with Crippen molar-refractivity contribution in [2.45, 2.75) is 6.92 Å². The van der Waals surface area contributed by atoms with Crippen LogP contribution in [0.2, 0.25) is 0 Å². The highest BCUT2D eigenvalue weighted by Crippen LogP contribution is 2.10. The molecule has 0 fully saturated rings. The molecule has 0 aliphatic rings. The van der Waals surface area contributed by atoms with Gasteiger partial charge in [0, 0.05) is 19.3 Å². The number of para-hydroxylation sites is 1. The lowest BCUT2D eigenvalue weighted by atomic mass is 10.3. The van der Waals surface area contributed by atoms with Crippen molar-refractivity contribution in [2.75, 3.05) is 18.5 Å². The number of benzene rings is 1. The van der Waals surface area contributed by atoms with E-state index in [0.29, 0.717) is 12.2 Å². The van der Waals surface area contributed by atoms with Gasteiger partial charge in [0.05, 0.1) is 0 Å². The first kappa shape index (κ1) is 11.2. The summed E-state index contributed by atoms with van der Waals surface area (Å²) >= 11 is 0. The predicted molar refractivity (Wildman–Crippen MR) is 58.5 cm³/mol. The van der Waals surface area contributed by atoms with Gasteiger partial charge in [0.2, 0.25) is 0 Å². The maximum atomic E-state index is 11.5. The van der Waals surface area contributed by atoms with Crippen molar-refractivity contribution >= 4 is 17.5 Å². The number of carbonyl (C=O) groups is 2. The molecule has 4 heteroatoms. The summed E-state index contributed by atoms with van der Waals surface area (Å²) in [5.41, 5.74) is 0.703. The fourth-order valence-corrected chi connectivity index (χ4v) is 1.16. The molecule has 0 bridgehead atoms. The Morgan fingerprint density at radius 3 is 2.40 bits per heavy atom. The number of nitrogens with zero attached hydrogens (tertiary/aromatic N) is 1. The standard InChI is InChI=1S/C11H14N2O2/c1-3-12-10(14)11(15)13(2)9-7-5-4-6-8-9/h4-8H,3H2,1-2H3,(H,12,14). The predicted octanol–water partition coefficient (Wildman–Crippen LogP) is 0.785. The molecule has 0 spiro atoms. The van der Waals surface area contributed by atoms with Gasteiger partial charge >= 0.3 is 11.8 Å². The fourth-order valence-electron chi connectivity index (χ4n) is 1.16. The quantitative estimate of drug-likeness (QED) is 0.727. The van der Waals surface area contributed by atoms with E-state index in [9.17, 15) is 9.59 Å². The van der Waals surface area contributed by atoms with Crippen LogP contribution in [0, 0.1) is 0 Å². The molecule has 0 saturated heterocycles. The molecular weight excluding hydrogens is 192 g/mol. The van der Waals surface area contributed by atoms with E-state index < -0.39 is 11.8 Å². The summed E-state index contributed by atoms with van der Waals surface area (Å²) in [4.78, 5) is 24.1. The molecule has 1 aromatic carbocycles. The molecule has 15 heavy (non-hydrogen) atoms. The Morgan fingerprint density at radius 2 is 1.87 bits per heavy atom. The molecule has 0 aliphatic carbocycles. The zero-order chi connectivity index (χ0) is 11.3. The minimum absolute atomic E-state index is 0.452. The highest BCUT2D eigenvalue weighted by atomic mass is 16.2. The average Bonchev–Trinajstić information content (AvgIpc) is 2.28. The summed E-state index contributed by atoms with van der Waals surface area (Å²) in [6, 6.07) is 9.04. The van der Waals surface area contributed by atoms with Gasteiger partial charge in [-0.05, 0) is 19.1 Å². The van der Waals surface area contributed by atoms with Crippen LogP contribution in [-0.2, 0) is 9.59 Å². The van der Waals surface area contributed by atoms with E-state index in [-0.39, 0.29) is 0 Å². The molecule has 2 amide bonds. The van der Waals surface area contributed by atoms with Gasteiger partial charge in [0.15, 0.2) is 0 Å². The second-order valence-electron chi connectivity index (χ2n) is 3.06. The van der Waals surface area contributed by atoms with Gasteiger partial charge in [-0.1, -0.05) is 18.2 Å². The number of carbonyl (C=O) groups excluding carboxylic acids is 2. The zero-order valence-electron chi connectivity index (χ0n) is 8.86. The van der Waals surface area contributed by atoms with Crippen molar-refractivity contribution in [3.8, 4) is 0 Å². The first-order chi connectivity index (χ1) is 7.16. The van der Waals surface area contributed by atoms with Crippen molar-refractivity contribution in [1.29, 1.82) is 0 Å². The fraction of sp³-hybridized carbons (Fsp3) is 0.273. The monoisotopic (exact) mass is 206 g/mol. The van der Waals surface area contributed by atoms with Crippen LogP contribution in [0.4, 0.5) is 5.69 Å². The van der Waals surface area contributed by atoms with Crippen LogP contribution >= 0.6 is 0 Å². The van der Waals surface area contributed by atoms with Gasteiger partial charge in [-0.25, -0.2) is 0 Å². The van der Waals surface area contributed by atoms with Gasteiger partial charge in [0.1, 0.15) is 0 Å². The molecule has 0 atom stereocenters. The van der Waals surface area contributed by atoms with Crippen LogP contribution in [-0.4, -0.2) is 25.4 Å². The van der Waals surface area contributed by atoms with E-state index in [1.54, 1.807) is 26.1 Å². The van der Waals surface area contributed by atoms with E-state index in [1.165, 1.54) is 4.90 Å². The van der Waals surface area contributed by atoms with E-state index in [0.717, 1.165) is 0 Å². The summed E-state index contributed by atoms with van der Waals surface area (Å²) < 4.78 is 0. The Hall–Kier alpha value is -1.84. The number of hydrogen-bond donors (Lipinski definition) is 1. The molecular formula is C11H14N2O2. The van der Waals surface area contributed by atoms with E-state index in [1.807, 2.05) is 18.2 Å². The SMILES string of the molecule is CCNC(=O)C(=O)N(C)c1ccccc1. The second-order valence-corrected chi connectivity index (χ2v) is 3.06. The topological polar surface area (TPSA) is 49.4 Å². The third-order valence-electron chi connectivity index (χ3n) is 1.98. The molecule has 1 rings (SSSR count). The van der Waals surface area contributed by atoms with Gasteiger partial charge in [-0.15, -0.1) is 0 Å². The smallest absolute Gasteiger partial charge is 0.316 e. The third kappa shape index (κ3) is 2.80. The molecule has 80 valence electrons. The summed E-state index contributed by atoms with van der Waals surface area (Å²) in [6.45, 7) is 2.22. The molecule has 0 unspecified atom stereocenters. The number of anilines is 1. The highest BCUT2D eigenvalue weighted by molar-refractivity contribution is 6.40. The molecule has 0 heterocycles. The van der Waals surface area contributed by atoms with Crippen molar-refractivity contribution in [1.82, 2.24) is 5.32 Å². The number of likely N-dealkylation sites (N-methyl/N-ethyl adjacent to an activating group) is 2. The van der Waals surface area contributed by atoms with Crippen molar-refractivity contribution in [2.24, 2.45) is 0 Å². The Bertz CT molecular complexity index is 349. The molecule has 1 N–H and O–H groups in total. The molecule has 4 nitrogen and oxygen atoms in total. The van der Waals surface area contributed by atoms with Crippen LogP contribution in [0.25, 0.3) is 0 Å². The molecule has 1 aromatic rings. The average molecular weight is 206 g/mol. The molecule has 0 saturated carbocycles. The lowest BCUT2D eigenvalue weighted by molar-refractivity contribution is -0.137. The molecule has 0 radical (unpaired) electrons. The normalized spacial score (nSPS) is 9.47. The number of rotatable bonds is 2. The summed E-state index contributed by atoms with van der Waals surface area (Å²) in [5.74, 6) is -1.13. The Labute approximate surface area is 88.9 Å². The van der Waals surface area contributed by atoms with Crippen LogP contribution in [0.3, 0.4) is 0 Å². The van der Waals surface area contributed by atoms with Crippen LogP contribution in [0.5, 0.6) is 0 Å². The minimum Gasteiger partial charge on any atom is -0.348 e. The minimum atomic E-state index is -0.580. The zero-order valence-corrected chi connectivity index (χ0v) is 8.86. The maximum Gasteiger partial charge on any atom is 0.316 e. The van der Waals surface area contributed by atoms with E-state index in [2.05, 4.69) is 5.32 Å². The van der Waals surface area contributed by atoms with Crippen molar-refractivity contribution < 1.29 is 9.59 Å². The van der Waals surface area contributed by atoms with Gasteiger partial charge in [0.25, 0.3) is 0 Å². The Morgan fingerprint density at radius 1 is 1.27 bits per heavy atom. The van der Waals surface area contributed by atoms with E-state index >= 15 is 0 Å². The number of hydrogen-bond acceptors (Lipinski definition) is 2. The van der Waals surface area contributed by atoms with E-state index in [4.69, 9.17) is 0 Å². The number of amides is 2. The summed E-state index contributed by atoms with van der Waals surface area (Å²) in [6.07, 6.45) is 0. The second kappa shape index (κ2) is 5.14.